The van der Waals surface area contributed by atoms with Crippen molar-refractivity contribution < 1.29 is 5.11 Å². The maximum Gasteiger partial charge on any atom is 0.0709 e. The zero-order valence-corrected chi connectivity index (χ0v) is 10.7. The van der Waals surface area contributed by atoms with Crippen LogP contribution in [-0.4, -0.2) is 17.8 Å². The lowest BCUT2D eigenvalue weighted by Gasteiger charge is -2.11. The Balaban J connectivity index is 2.55. The fourth-order valence-corrected chi connectivity index (χ4v) is 1.60. The summed E-state index contributed by atoms with van der Waals surface area (Å²) in [6, 6.07) is 6.22. The minimum absolute atomic E-state index is 0.256. The van der Waals surface area contributed by atoms with Gasteiger partial charge in [-0.25, -0.2) is 0 Å². The monoisotopic (exact) mass is 305 g/mol. The van der Waals surface area contributed by atoms with Crippen LogP contribution in [0.4, 0.5) is 5.69 Å². The van der Waals surface area contributed by atoms with Gasteiger partial charge in [-0.2, -0.15) is 0 Å². The Morgan fingerprint density at radius 3 is 2.79 bits per heavy atom. The van der Waals surface area contributed by atoms with Crippen LogP contribution in [0.25, 0.3) is 0 Å². The highest BCUT2D eigenvalue weighted by atomic mass is 127. The zero-order chi connectivity index (χ0) is 10.6. The van der Waals surface area contributed by atoms with E-state index in [-0.39, 0.29) is 6.10 Å². The lowest BCUT2D eigenvalue weighted by atomic mass is 10.2. The van der Waals surface area contributed by atoms with Crippen molar-refractivity contribution in [2.24, 2.45) is 0 Å². The lowest BCUT2D eigenvalue weighted by Crippen LogP contribution is -2.18. The summed E-state index contributed by atoms with van der Waals surface area (Å²) in [6.45, 7) is 4.69. The molecule has 1 aromatic rings. The summed E-state index contributed by atoms with van der Waals surface area (Å²) in [5.41, 5.74) is 2.36. The molecule has 2 nitrogen and oxygen atoms in total. The van der Waals surface area contributed by atoms with Gasteiger partial charge in [-0.15, -0.1) is 0 Å². The van der Waals surface area contributed by atoms with Crippen LogP contribution in [0.15, 0.2) is 18.2 Å². The van der Waals surface area contributed by atoms with Crippen LogP contribution in [0.3, 0.4) is 0 Å². The Kier molecular flexibility index (Phi) is 4.68. The van der Waals surface area contributed by atoms with Crippen LogP contribution in [0, 0.1) is 10.5 Å². The van der Waals surface area contributed by atoms with Crippen LogP contribution < -0.4 is 5.32 Å². The van der Waals surface area contributed by atoms with E-state index in [9.17, 15) is 5.11 Å². The predicted molar refractivity (Wildman–Crippen MR) is 68.7 cm³/mol. The molecule has 1 atom stereocenters. The first-order chi connectivity index (χ1) is 6.63. The fourth-order valence-electron chi connectivity index (χ4n) is 1.08. The van der Waals surface area contributed by atoms with Crippen molar-refractivity contribution in [1.82, 2.24) is 0 Å². The number of hydrogen-bond acceptors (Lipinski definition) is 2. The molecule has 0 heterocycles. The van der Waals surface area contributed by atoms with Gasteiger partial charge in [0.1, 0.15) is 0 Å². The van der Waals surface area contributed by atoms with Crippen molar-refractivity contribution in [2.75, 3.05) is 11.9 Å². The van der Waals surface area contributed by atoms with E-state index < -0.39 is 0 Å². The highest BCUT2D eigenvalue weighted by Crippen LogP contribution is 2.16. The number of aliphatic hydroxyl groups excluding tert-OH is 1. The average Bonchev–Trinajstić information content (AvgIpc) is 2.19. The summed E-state index contributed by atoms with van der Waals surface area (Å²) in [5, 5.41) is 12.6. The molecule has 0 radical (unpaired) electrons. The first-order valence-electron chi connectivity index (χ1n) is 4.81. The molecule has 0 unspecified atom stereocenters. The molecule has 1 aromatic carbocycles. The molecule has 0 amide bonds. The second kappa shape index (κ2) is 5.56. The number of rotatable bonds is 4. The molecule has 0 fully saturated rings. The molecule has 0 bridgehead atoms. The van der Waals surface area contributed by atoms with Crippen molar-refractivity contribution in [3.63, 3.8) is 0 Å². The Morgan fingerprint density at radius 2 is 2.21 bits per heavy atom. The quantitative estimate of drug-likeness (QED) is 0.839. The average molecular weight is 305 g/mol. The third-order valence-corrected chi connectivity index (χ3v) is 3.35. The van der Waals surface area contributed by atoms with E-state index in [1.165, 1.54) is 9.13 Å². The number of aliphatic hydroxyl groups is 1. The Morgan fingerprint density at radius 1 is 1.50 bits per heavy atom. The summed E-state index contributed by atoms with van der Waals surface area (Å²) in [5.74, 6) is 0. The van der Waals surface area contributed by atoms with Gasteiger partial charge in [0.15, 0.2) is 0 Å². The largest absolute Gasteiger partial charge is 0.391 e. The van der Waals surface area contributed by atoms with Crippen LogP contribution in [0.5, 0.6) is 0 Å². The normalized spacial score (nSPS) is 12.6. The van der Waals surface area contributed by atoms with Crippen LogP contribution in [0.1, 0.15) is 18.9 Å². The molecule has 0 aliphatic rings. The van der Waals surface area contributed by atoms with E-state index in [0.717, 1.165) is 12.1 Å². The number of nitrogens with one attached hydrogen (secondary N) is 1. The van der Waals surface area contributed by atoms with Gasteiger partial charge in [0.25, 0.3) is 0 Å². The molecule has 0 saturated carbocycles. The van der Waals surface area contributed by atoms with E-state index in [1.807, 2.05) is 13.0 Å². The van der Waals surface area contributed by atoms with Crippen LogP contribution in [-0.2, 0) is 0 Å². The van der Waals surface area contributed by atoms with E-state index in [4.69, 9.17) is 0 Å². The number of halogens is 1. The van der Waals surface area contributed by atoms with E-state index in [1.54, 1.807) is 0 Å². The molecule has 2 N–H and O–H groups in total. The first kappa shape index (κ1) is 11.8. The highest BCUT2D eigenvalue weighted by molar-refractivity contribution is 14.1. The molecule has 0 aliphatic carbocycles. The maximum absolute atomic E-state index is 9.38. The number of aryl methyl sites for hydroxylation is 1. The standard InChI is InChI=1S/C11H16INO/c1-3-10(14)7-13-9-5-4-8(2)11(12)6-9/h4-6,10,13-14H,3,7H2,1-2H3/t10-/m1/s1. The minimum atomic E-state index is -0.256. The lowest BCUT2D eigenvalue weighted by molar-refractivity contribution is 0.183. The van der Waals surface area contributed by atoms with Crippen molar-refractivity contribution in [2.45, 2.75) is 26.4 Å². The topological polar surface area (TPSA) is 32.3 Å². The molecule has 0 saturated heterocycles. The van der Waals surface area contributed by atoms with Gasteiger partial charge < -0.3 is 10.4 Å². The Hall–Kier alpha value is -0.290. The van der Waals surface area contributed by atoms with Gasteiger partial charge in [-0.05, 0) is 53.6 Å². The highest BCUT2D eigenvalue weighted by Gasteiger charge is 2.01. The van der Waals surface area contributed by atoms with Gasteiger partial charge in [-0.3, -0.25) is 0 Å². The molecule has 78 valence electrons. The van der Waals surface area contributed by atoms with Crippen LogP contribution >= 0.6 is 22.6 Å². The van der Waals surface area contributed by atoms with Gasteiger partial charge in [0.05, 0.1) is 6.10 Å². The van der Waals surface area contributed by atoms with Crippen molar-refractivity contribution in [1.29, 1.82) is 0 Å². The molecule has 0 spiro atoms. The smallest absolute Gasteiger partial charge is 0.0709 e. The molecule has 0 aliphatic heterocycles. The van der Waals surface area contributed by atoms with Gasteiger partial charge in [-0.1, -0.05) is 13.0 Å². The molecule has 3 heteroatoms. The molecule has 0 aromatic heterocycles. The van der Waals surface area contributed by atoms with Gasteiger partial charge in [0, 0.05) is 15.8 Å². The van der Waals surface area contributed by atoms with Gasteiger partial charge >= 0.3 is 0 Å². The SMILES string of the molecule is CC[C@@H](O)CNc1ccc(C)c(I)c1. The fraction of sp³-hybridized carbons (Fsp3) is 0.455. The summed E-state index contributed by atoms with van der Waals surface area (Å²) in [7, 11) is 0. The second-order valence-corrected chi connectivity index (χ2v) is 4.57. The van der Waals surface area contributed by atoms with E-state index in [0.29, 0.717) is 6.54 Å². The molecule has 14 heavy (non-hydrogen) atoms. The second-order valence-electron chi connectivity index (χ2n) is 3.41. The maximum atomic E-state index is 9.38. The summed E-state index contributed by atoms with van der Waals surface area (Å²) < 4.78 is 1.25. The number of anilines is 1. The van der Waals surface area contributed by atoms with E-state index >= 15 is 0 Å². The Labute approximate surface area is 98.9 Å². The van der Waals surface area contributed by atoms with Gasteiger partial charge in [0.2, 0.25) is 0 Å². The first-order valence-corrected chi connectivity index (χ1v) is 5.89. The zero-order valence-electron chi connectivity index (χ0n) is 8.55. The molecular formula is C11H16INO. The minimum Gasteiger partial charge on any atom is -0.391 e. The van der Waals surface area contributed by atoms with Crippen molar-refractivity contribution in [3.05, 3.63) is 27.3 Å². The molecular weight excluding hydrogens is 289 g/mol. The predicted octanol–water partition coefficient (Wildman–Crippen LogP) is 2.78. The summed E-state index contributed by atoms with van der Waals surface area (Å²) >= 11 is 2.31. The number of benzene rings is 1. The Bertz CT molecular complexity index is 301. The summed E-state index contributed by atoms with van der Waals surface area (Å²) in [4.78, 5) is 0. The third kappa shape index (κ3) is 3.46. The number of hydrogen-bond donors (Lipinski definition) is 2. The molecule has 1 rings (SSSR count). The van der Waals surface area contributed by atoms with Crippen LogP contribution in [0.2, 0.25) is 0 Å². The van der Waals surface area contributed by atoms with Crippen molar-refractivity contribution >= 4 is 28.3 Å². The summed E-state index contributed by atoms with van der Waals surface area (Å²) in [6.07, 6.45) is 0.532. The van der Waals surface area contributed by atoms with Crippen molar-refractivity contribution in [3.8, 4) is 0 Å². The van der Waals surface area contributed by atoms with E-state index in [2.05, 4.69) is 47.0 Å². The third-order valence-electron chi connectivity index (χ3n) is 2.18.